The molecular weight excluding hydrogens is 430 g/mol. The van der Waals surface area contributed by atoms with Crippen LogP contribution >= 0.6 is 12.2 Å². The summed E-state index contributed by atoms with van der Waals surface area (Å²) in [5.74, 6) is -0.461. The van der Waals surface area contributed by atoms with E-state index in [2.05, 4.69) is 33.6 Å². The molecule has 0 aliphatic carbocycles. The highest BCUT2D eigenvalue weighted by Gasteiger charge is 2.17. The standard InChI is InChI=1S/C23H25N3O3S2/c1-16-10-12-20(13-11-16)31(28,29)25-15-22(27)26-17(2)23(30)24-14-19-8-5-7-18-6-3-4-9-21(18)19/h3-13,17,25H,14-15H2,1-2H3,(H,24,30)(H,26,27)/t17-/m0/s1. The molecule has 0 radical (unpaired) electrons. The van der Waals surface area contributed by atoms with E-state index < -0.39 is 22.0 Å². The lowest BCUT2D eigenvalue weighted by molar-refractivity contribution is -0.120. The Morgan fingerprint density at radius 1 is 1.00 bits per heavy atom. The first-order valence-electron chi connectivity index (χ1n) is 9.86. The Morgan fingerprint density at radius 3 is 2.42 bits per heavy atom. The van der Waals surface area contributed by atoms with Crippen LogP contribution < -0.4 is 15.4 Å². The number of carbonyl (C=O) groups excluding carboxylic acids is 1. The van der Waals surface area contributed by atoms with Crippen LogP contribution in [0.15, 0.2) is 71.6 Å². The average Bonchev–Trinajstić information content (AvgIpc) is 2.76. The zero-order valence-electron chi connectivity index (χ0n) is 17.4. The van der Waals surface area contributed by atoms with E-state index in [4.69, 9.17) is 12.2 Å². The van der Waals surface area contributed by atoms with Crippen molar-refractivity contribution in [2.75, 3.05) is 6.54 Å². The van der Waals surface area contributed by atoms with Crippen molar-refractivity contribution in [2.45, 2.75) is 31.3 Å². The van der Waals surface area contributed by atoms with E-state index in [0.29, 0.717) is 11.5 Å². The molecule has 3 aromatic carbocycles. The highest BCUT2D eigenvalue weighted by atomic mass is 32.2. The van der Waals surface area contributed by atoms with E-state index in [1.54, 1.807) is 19.1 Å². The van der Waals surface area contributed by atoms with Gasteiger partial charge in [0.05, 0.1) is 22.5 Å². The summed E-state index contributed by atoms with van der Waals surface area (Å²) in [6, 6.07) is 20.1. The van der Waals surface area contributed by atoms with Crippen LogP contribution in [0.5, 0.6) is 0 Å². The molecule has 0 heterocycles. The smallest absolute Gasteiger partial charge is 0.241 e. The summed E-state index contributed by atoms with van der Waals surface area (Å²) in [7, 11) is -3.75. The van der Waals surface area contributed by atoms with Crippen LogP contribution in [0, 0.1) is 6.92 Å². The van der Waals surface area contributed by atoms with Crippen molar-refractivity contribution in [2.24, 2.45) is 0 Å². The number of amides is 1. The third-order valence-electron chi connectivity index (χ3n) is 4.86. The first-order chi connectivity index (χ1) is 14.8. The number of benzene rings is 3. The van der Waals surface area contributed by atoms with Crippen molar-refractivity contribution in [3.05, 3.63) is 77.9 Å². The molecule has 162 valence electrons. The second-order valence-electron chi connectivity index (χ2n) is 7.28. The van der Waals surface area contributed by atoms with Gasteiger partial charge in [-0.05, 0) is 42.3 Å². The Morgan fingerprint density at radius 2 is 1.68 bits per heavy atom. The van der Waals surface area contributed by atoms with Crippen LogP contribution in [0.2, 0.25) is 0 Å². The molecule has 8 heteroatoms. The van der Waals surface area contributed by atoms with E-state index >= 15 is 0 Å². The molecule has 3 rings (SSSR count). The number of aryl methyl sites for hydroxylation is 1. The number of carbonyl (C=O) groups is 1. The zero-order valence-corrected chi connectivity index (χ0v) is 19.0. The van der Waals surface area contributed by atoms with Crippen LogP contribution in [0.4, 0.5) is 0 Å². The molecule has 0 saturated carbocycles. The van der Waals surface area contributed by atoms with Gasteiger partial charge in [0, 0.05) is 6.54 Å². The third-order valence-corrected chi connectivity index (χ3v) is 6.77. The Hall–Kier alpha value is -2.81. The van der Waals surface area contributed by atoms with Crippen LogP contribution in [-0.2, 0) is 21.4 Å². The number of sulfonamides is 1. The molecule has 0 spiro atoms. The quantitative estimate of drug-likeness (QED) is 0.455. The van der Waals surface area contributed by atoms with E-state index in [1.165, 1.54) is 12.1 Å². The molecule has 1 amide bonds. The van der Waals surface area contributed by atoms with Crippen molar-refractivity contribution in [3.63, 3.8) is 0 Å². The number of fused-ring (bicyclic) bond motifs is 1. The Labute approximate surface area is 188 Å². The zero-order chi connectivity index (χ0) is 22.4. The number of nitrogens with one attached hydrogen (secondary N) is 3. The van der Waals surface area contributed by atoms with Gasteiger partial charge in [0.1, 0.15) is 0 Å². The lowest BCUT2D eigenvalue weighted by Crippen LogP contribution is -2.47. The molecule has 0 aliphatic rings. The molecule has 3 N–H and O–H groups in total. The van der Waals surface area contributed by atoms with E-state index in [-0.39, 0.29) is 11.4 Å². The van der Waals surface area contributed by atoms with Crippen LogP contribution in [0.3, 0.4) is 0 Å². The normalized spacial score (nSPS) is 12.3. The molecule has 6 nitrogen and oxygen atoms in total. The number of rotatable bonds is 8. The fraction of sp³-hybridized carbons (Fsp3) is 0.217. The van der Waals surface area contributed by atoms with Crippen molar-refractivity contribution in [3.8, 4) is 0 Å². The van der Waals surface area contributed by atoms with Gasteiger partial charge >= 0.3 is 0 Å². The monoisotopic (exact) mass is 455 g/mol. The van der Waals surface area contributed by atoms with Gasteiger partial charge in [0.25, 0.3) is 0 Å². The Balaban J connectivity index is 1.51. The first-order valence-corrected chi connectivity index (χ1v) is 11.8. The van der Waals surface area contributed by atoms with Gasteiger partial charge in [0.15, 0.2) is 0 Å². The van der Waals surface area contributed by atoms with Gasteiger partial charge in [-0.15, -0.1) is 0 Å². The lowest BCUT2D eigenvalue weighted by Gasteiger charge is -2.18. The fourth-order valence-electron chi connectivity index (χ4n) is 3.10. The summed E-state index contributed by atoms with van der Waals surface area (Å²) >= 11 is 5.40. The maximum Gasteiger partial charge on any atom is 0.241 e. The molecule has 0 bridgehead atoms. The summed E-state index contributed by atoms with van der Waals surface area (Å²) in [4.78, 5) is 12.8. The van der Waals surface area contributed by atoms with Crippen molar-refractivity contribution >= 4 is 43.9 Å². The van der Waals surface area contributed by atoms with Gasteiger partial charge in [-0.2, -0.15) is 0 Å². The largest absolute Gasteiger partial charge is 0.374 e. The fourth-order valence-corrected chi connectivity index (χ4v) is 4.21. The minimum Gasteiger partial charge on any atom is -0.374 e. The molecule has 0 aromatic heterocycles. The molecular formula is C23H25N3O3S2. The second-order valence-corrected chi connectivity index (χ2v) is 9.49. The van der Waals surface area contributed by atoms with Crippen LogP contribution in [0.25, 0.3) is 10.8 Å². The highest BCUT2D eigenvalue weighted by Crippen LogP contribution is 2.18. The van der Waals surface area contributed by atoms with E-state index in [9.17, 15) is 13.2 Å². The third kappa shape index (κ3) is 6.10. The van der Waals surface area contributed by atoms with Gasteiger partial charge in [-0.3, -0.25) is 4.79 Å². The minimum atomic E-state index is -3.75. The topological polar surface area (TPSA) is 87.3 Å². The van der Waals surface area contributed by atoms with Crippen molar-refractivity contribution in [1.29, 1.82) is 0 Å². The number of hydrogen-bond donors (Lipinski definition) is 3. The molecule has 1 atom stereocenters. The maximum absolute atomic E-state index is 12.3. The summed E-state index contributed by atoms with van der Waals surface area (Å²) in [6.45, 7) is 3.79. The molecule has 31 heavy (non-hydrogen) atoms. The van der Waals surface area contributed by atoms with E-state index in [0.717, 1.165) is 21.9 Å². The minimum absolute atomic E-state index is 0.117. The molecule has 0 fully saturated rings. The van der Waals surface area contributed by atoms with Gasteiger partial charge in [0.2, 0.25) is 15.9 Å². The van der Waals surface area contributed by atoms with Crippen LogP contribution in [0.1, 0.15) is 18.1 Å². The SMILES string of the molecule is Cc1ccc(S(=O)(=O)NCC(=O)N[C@@H](C)C(=S)NCc2cccc3ccccc23)cc1. The van der Waals surface area contributed by atoms with Crippen LogP contribution in [-0.4, -0.2) is 31.9 Å². The number of thiocarbonyl (C=S) groups is 1. The Bertz CT molecular complexity index is 1190. The Kier molecular flexibility index (Phi) is 7.37. The van der Waals surface area contributed by atoms with Gasteiger partial charge < -0.3 is 10.6 Å². The summed E-state index contributed by atoms with van der Waals surface area (Å²) in [5, 5.41) is 8.18. The second kappa shape index (κ2) is 10.00. The van der Waals surface area contributed by atoms with Gasteiger partial charge in [-0.25, -0.2) is 13.1 Å². The molecule has 0 saturated heterocycles. The average molecular weight is 456 g/mol. The van der Waals surface area contributed by atoms with E-state index in [1.807, 2.05) is 31.2 Å². The summed E-state index contributed by atoms with van der Waals surface area (Å²) < 4.78 is 26.9. The van der Waals surface area contributed by atoms with Crippen molar-refractivity contribution in [1.82, 2.24) is 15.4 Å². The molecule has 0 aliphatic heterocycles. The predicted octanol–water partition coefficient (Wildman–Crippen LogP) is 3.05. The van der Waals surface area contributed by atoms with Crippen molar-refractivity contribution < 1.29 is 13.2 Å². The lowest BCUT2D eigenvalue weighted by atomic mass is 10.0. The maximum atomic E-state index is 12.3. The summed E-state index contributed by atoms with van der Waals surface area (Å²) in [5.41, 5.74) is 2.06. The molecule has 0 unspecified atom stereocenters. The molecule has 3 aromatic rings. The highest BCUT2D eigenvalue weighted by molar-refractivity contribution is 7.89. The summed E-state index contributed by atoms with van der Waals surface area (Å²) in [6.07, 6.45) is 0. The predicted molar refractivity (Wildman–Crippen MR) is 127 cm³/mol. The first kappa shape index (κ1) is 22.9. The number of hydrogen-bond acceptors (Lipinski definition) is 4. The van der Waals surface area contributed by atoms with Gasteiger partial charge in [-0.1, -0.05) is 72.4 Å².